The third-order valence-electron chi connectivity index (χ3n) is 2.07. The maximum atomic E-state index is 13.0. The molecule has 1 heterocycles. The molecule has 0 saturated heterocycles. The SMILES string of the molecule is CSc1nc(=O)n(-c2cccc(F)c2)c(=O)[nH]1.[Na]. The van der Waals surface area contributed by atoms with Crippen LogP contribution in [0.5, 0.6) is 0 Å². The van der Waals surface area contributed by atoms with Crippen LogP contribution in [0.4, 0.5) is 4.39 Å². The number of rotatable bonds is 2. The van der Waals surface area contributed by atoms with E-state index in [1.54, 1.807) is 6.26 Å². The molecule has 89 valence electrons. The summed E-state index contributed by atoms with van der Waals surface area (Å²) in [5.74, 6) is -0.525. The first-order valence-corrected chi connectivity index (χ1v) is 5.87. The third-order valence-corrected chi connectivity index (χ3v) is 2.65. The fraction of sp³-hybridized carbons (Fsp3) is 0.100. The number of benzene rings is 1. The molecule has 0 atom stereocenters. The van der Waals surface area contributed by atoms with Gasteiger partial charge >= 0.3 is 11.4 Å². The molecular formula is C10H8FN3NaO2S. The van der Waals surface area contributed by atoms with Crippen molar-refractivity contribution in [2.24, 2.45) is 0 Å². The van der Waals surface area contributed by atoms with E-state index in [0.717, 1.165) is 22.4 Å². The van der Waals surface area contributed by atoms with Crippen LogP contribution in [0.2, 0.25) is 0 Å². The number of aromatic nitrogens is 3. The summed E-state index contributed by atoms with van der Waals surface area (Å²) in [6.45, 7) is 0. The smallest absolute Gasteiger partial charge is 0.286 e. The minimum Gasteiger partial charge on any atom is -0.286 e. The Kier molecular flexibility index (Phi) is 5.33. The molecule has 0 unspecified atom stereocenters. The van der Waals surface area contributed by atoms with Crippen LogP contribution in [0.3, 0.4) is 0 Å². The normalized spacial score (nSPS) is 9.89. The van der Waals surface area contributed by atoms with E-state index in [4.69, 9.17) is 0 Å². The molecule has 1 aromatic carbocycles. The van der Waals surface area contributed by atoms with E-state index >= 15 is 0 Å². The second-order valence-electron chi connectivity index (χ2n) is 3.15. The molecule has 0 spiro atoms. The second-order valence-corrected chi connectivity index (χ2v) is 3.94. The summed E-state index contributed by atoms with van der Waals surface area (Å²) in [7, 11) is 0. The van der Waals surface area contributed by atoms with Gasteiger partial charge < -0.3 is 0 Å². The van der Waals surface area contributed by atoms with E-state index in [1.807, 2.05) is 0 Å². The summed E-state index contributed by atoms with van der Waals surface area (Å²) in [4.78, 5) is 29.4. The summed E-state index contributed by atoms with van der Waals surface area (Å²) < 4.78 is 13.8. The average molecular weight is 276 g/mol. The molecule has 1 N–H and O–H groups in total. The summed E-state index contributed by atoms with van der Waals surface area (Å²) in [5.41, 5.74) is -1.22. The van der Waals surface area contributed by atoms with Gasteiger partial charge in [0.05, 0.1) is 5.69 Å². The predicted octanol–water partition coefficient (Wildman–Crippen LogP) is 0.401. The summed E-state index contributed by atoms with van der Waals surface area (Å²) in [6, 6.07) is 5.20. The number of nitrogens with zero attached hydrogens (tertiary/aromatic N) is 2. The molecule has 0 aliphatic carbocycles. The standard InChI is InChI=1S/C10H8FN3O2S.Na/c1-17-8-12-9(15)14(10(16)13-8)7-4-2-3-6(11)5-7;/h2-5H,1H3,(H,12,13,15,16);. The topological polar surface area (TPSA) is 67.8 Å². The zero-order chi connectivity index (χ0) is 12.4. The van der Waals surface area contributed by atoms with Crippen molar-refractivity contribution in [3.05, 3.63) is 51.1 Å². The first-order chi connectivity index (χ1) is 8.11. The molecule has 0 amide bonds. The minimum absolute atomic E-state index is 0. The van der Waals surface area contributed by atoms with Gasteiger partial charge in [0.25, 0.3) is 0 Å². The van der Waals surface area contributed by atoms with Crippen molar-refractivity contribution in [3.63, 3.8) is 0 Å². The van der Waals surface area contributed by atoms with Crippen LogP contribution in [0.15, 0.2) is 39.0 Å². The van der Waals surface area contributed by atoms with Crippen molar-refractivity contribution in [1.82, 2.24) is 14.5 Å². The Bertz CT molecular complexity index is 639. The van der Waals surface area contributed by atoms with Crippen molar-refractivity contribution in [2.75, 3.05) is 6.26 Å². The predicted molar refractivity (Wildman–Crippen MR) is 67.9 cm³/mol. The van der Waals surface area contributed by atoms with E-state index in [1.165, 1.54) is 18.2 Å². The molecule has 0 fully saturated rings. The molecular weight excluding hydrogens is 268 g/mol. The van der Waals surface area contributed by atoms with E-state index in [9.17, 15) is 14.0 Å². The Balaban J connectivity index is 0.00000162. The fourth-order valence-corrected chi connectivity index (χ4v) is 1.70. The van der Waals surface area contributed by atoms with Gasteiger partial charge in [0.2, 0.25) is 0 Å². The zero-order valence-electron chi connectivity index (χ0n) is 9.81. The van der Waals surface area contributed by atoms with Crippen molar-refractivity contribution in [2.45, 2.75) is 5.16 Å². The summed E-state index contributed by atoms with van der Waals surface area (Å²) >= 11 is 1.15. The molecule has 0 bridgehead atoms. The van der Waals surface area contributed by atoms with Crippen LogP contribution in [0.25, 0.3) is 5.69 Å². The van der Waals surface area contributed by atoms with Gasteiger partial charge in [0.1, 0.15) is 5.82 Å². The van der Waals surface area contributed by atoms with E-state index in [-0.39, 0.29) is 40.4 Å². The molecule has 2 rings (SSSR count). The van der Waals surface area contributed by atoms with Crippen molar-refractivity contribution in [1.29, 1.82) is 0 Å². The molecule has 5 nitrogen and oxygen atoms in total. The Hall–Kier alpha value is -0.890. The Morgan fingerprint density at radius 3 is 2.67 bits per heavy atom. The molecule has 0 saturated carbocycles. The fourth-order valence-electron chi connectivity index (χ4n) is 1.34. The first kappa shape index (κ1) is 15.2. The van der Waals surface area contributed by atoms with Crippen LogP contribution < -0.4 is 11.4 Å². The molecule has 0 aliphatic heterocycles. The minimum atomic E-state index is -0.733. The first-order valence-electron chi connectivity index (χ1n) is 4.65. The molecule has 8 heteroatoms. The number of hydrogen-bond acceptors (Lipinski definition) is 4. The van der Waals surface area contributed by atoms with Gasteiger partial charge in [-0.1, -0.05) is 17.8 Å². The van der Waals surface area contributed by atoms with E-state index in [2.05, 4.69) is 9.97 Å². The van der Waals surface area contributed by atoms with Gasteiger partial charge in [0.15, 0.2) is 5.16 Å². The number of halogens is 1. The van der Waals surface area contributed by atoms with Crippen LogP contribution in [0.1, 0.15) is 0 Å². The number of hydrogen-bond donors (Lipinski definition) is 1. The molecule has 1 aromatic heterocycles. The van der Waals surface area contributed by atoms with Gasteiger partial charge in [-0.15, -0.1) is 0 Å². The van der Waals surface area contributed by atoms with Gasteiger partial charge in [-0.2, -0.15) is 4.98 Å². The molecule has 0 aliphatic rings. The van der Waals surface area contributed by atoms with Gasteiger partial charge in [-0.05, 0) is 24.5 Å². The van der Waals surface area contributed by atoms with Gasteiger partial charge in [-0.25, -0.2) is 18.5 Å². The van der Waals surface area contributed by atoms with Gasteiger partial charge in [-0.3, -0.25) is 4.98 Å². The second kappa shape index (κ2) is 6.33. The van der Waals surface area contributed by atoms with Crippen LogP contribution >= 0.6 is 11.8 Å². The van der Waals surface area contributed by atoms with Crippen LogP contribution in [-0.2, 0) is 0 Å². The maximum absolute atomic E-state index is 13.0. The number of nitrogens with one attached hydrogen (secondary N) is 1. The molecule has 18 heavy (non-hydrogen) atoms. The summed E-state index contributed by atoms with van der Waals surface area (Å²) in [6.07, 6.45) is 1.68. The van der Waals surface area contributed by atoms with Crippen molar-refractivity contribution >= 4 is 41.3 Å². The Labute approximate surface area is 128 Å². The zero-order valence-corrected chi connectivity index (χ0v) is 12.6. The third kappa shape index (κ3) is 3.11. The van der Waals surface area contributed by atoms with E-state index < -0.39 is 17.2 Å². The maximum Gasteiger partial charge on any atom is 0.358 e. The van der Waals surface area contributed by atoms with Crippen LogP contribution in [-0.4, -0.2) is 50.3 Å². The Morgan fingerprint density at radius 1 is 1.39 bits per heavy atom. The number of thioether (sulfide) groups is 1. The van der Waals surface area contributed by atoms with E-state index in [0.29, 0.717) is 0 Å². The monoisotopic (exact) mass is 276 g/mol. The Morgan fingerprint density at radius 2 is 2.11 bits per heavy atom. The van der Waals surface area contributed by atoms with Crippen LogP contribution in [0, 0.1) is 5.82 Å². The average Bonchev–Trinajstić information content (AvgIpc) is 2.28. The van der Waals surface area contributed by atoms with Crippen molar-refractivity contribution < 1.29 is 4.39 Å². The summed E-state index contributed by atoms with van der Waals surface area (Å²) in [5, 5.41) is 0.229. The largest absolute Gasteiger partial charge is 0.358 e. The molecule has 1 radical (unpaired) electrons. The van der Waals surface area contributed by atoms with Crippen molar-refractivity contribution in [3.8, 4) is 5.69 Å². The number of H-pyrrole nitrogens is 1. The quantitative estimate of drug-likeness (QED) is 0.637. The number of aromatic amines is 1. The van der Waals surface area contributed by atoms with Gasteiger partial charge in [0, 0.05) is 29.6 Å². The molecule has 2 aromatic rings.